The normalized spacial score (nSPS) is 16.0. The Morgan fingerprint density at radius 2 is 1.90 bits per heavy atom. The number of aromatic nitrogens is 1. The van der Waals surface area contributed by atoms with E-state index >= 15 is 0 Å². The Morgan fingerprint density at radius 1 is 1.14 bits per heavy atom. The van der Waals surface area contributed by atoms with Gasteiger partial charge in [0.25, 0.3) is 0 Å². The molecular formula is C17H17FN2O. The number of aliphatic imine (C=N–C) groups is 1. The fraction of sp³-hybridized carbons (Fsp3) is 0.294. The van der Waals surface area contributed by atoms with Crippen molar-refractivity contribution in [3.8, 4) is 5.75 Å². The summed E-state index contributed by atoms with van der Waals surface area (Å²) < 4.78 is 19.2. The number of fused-ring (bicyclic) bond motifs is 1. The van der Waals surface area contributed by atoms with Crippen LogP contribution in [0, 0.1) is 19.7 Å². The van der Waals surface area contributed by atoms with E-state index in [4.69, 9.17) is 4.74 Å². The van der Waals surface area contributed by atoms with Crippen molar-refractivity contribution in [2.24, 2.45) is 4.99 Å². The number of benzene rings is 1. The number of nitrogens with zero attached hydrogens (tertiary/aromatic N) is 2. The number of rotatable bonds is 1. The Kier molecular flexibility index (Phi) is 3.04. The summed E-state index contributed by atoms with van der Waals surface area (Å²) in [6.07, 6.45) is 1.80. The minimum atomic E-state index is -0.727. The number of pyridine rings is 1. The third-order valence-electron chi connectivity index (χ3n) is 3.55. The Hall–Kier alpha value is -2.23. The van der Waals surface area contributed by atoms with E-state index in [2.05, 4.69) is 16.0 Å². The van der Waals surface area contributed by atoms with Gasteiger partial charge in [-0.3, -0.25) is 4.98 Å². The molecule has 0 unspecified atom stereocenters. The molecule has 0 radical (unpaired) electrons. The first-order valence-electron chi connectivity index (χ1n) is 6.88. The molecule has 1 aliphatic heterocycles. The molecule has 1 aliphatic rings. The summed E-state index contributed by atoms with van der Waals surface area (Å²) >= 11 is 0. The van der Waals surface area contributed by atoms with Gasteiger partial charge in [0.05, 0.1) is 5.71 Å². The maximum absolute atomic E-state index is 13.5. The summed E-state index contributed by atoms with van der Waals surface area (Å²) in [6.45, 7) is 7.70. The Morgan fingerprint density at radius 3 is 2.62 bits per heavy atom. The molecule has 0 N–H and O–H groups in total. The van der Waals surface area contributed by atoms with E-state index in [0.29, 0.717) is 5.75 Å². The van der Waals surface area contributed by atoms with Crippen LogP contribution in [-0.4, -0.2) is 16.4 Å². The van der Waals surface area contributed by atoms with E-state index < -0.39 is 5.72 Å². The first-order valence-corrected chi connectivity index (χ1v) is 6.88. The van der Waals surface area contributed by atoms with Crippen LogP contribution < -0.4 is 4.74 Å². The predicted molar refractivity (Wildman–Crippen MR) is 80.5 cm³/mol. The third-order valence-corrected chi connectivity index (χ3v) is 3.55. The highest BCUT2D eigenvalue weighted by molar-refractivity contribution is 6.15. The van der Waals surface area contributed by atoms with Crippen molar-refractivity contribution in [3.05, 3.63) is 58.7 Å². The second kappa shape index (κ2) is 4.65. The number of aryl methyl sites for hydroxylation is 2. The molecule has 0 amide bonds. The minimum Gasteiger partial charge on any atom is -0.466 e. The topological polar surface area (TPSA) is 34.5 Å². The lowest BCUT2D eigenvalue weighted by Crippen LogP contribution is -2.32. The first kappa shape index (κ1) is 13.7. The molecule has 0 saturated carbocycles. The van der Waals surface area contributed by atoms with Crippen molar-refractivity contribution in [2.75, 3.05) is 0 Å². The first-order chi connectivity index (χ1) is 9.85. The summed E-state index contributed by atoms with van der Waals surface area (Å²) in [6, 6.07) is 6.58. The van der Waals surface area contributed by atoms with Crippen LogP contribution in [0.3, 0.4) is 0 Å². The molecule has 3 nitrogen and oxygen atoms in total. The molecule has 1 aromatic heterocycles. The van der Waals surface area contributed by atoms with Gasteiger partial charge in [0.15, 0.2) is 5.72 Å². The zero-order chi connectivity index (χ0) is 15.2. The van der Waals surface area contributed by atoms with Crippen LogP contribution in [0.15, 0.2) is 35.5 Å². The largest absolute Gasteiger partial charge is 0.466 e. The number of ether oxygens (including phenoxy) is 1. The third kappa shape index (κ3) is 2.53. The zero-order valence-electron chi connectivity index (χ0n) is 12.6. The molecule has 21 heavy (non-hydrogen) atoms. The van der Waals surface area contributed by atoms with E-state index in [1.54, 1.807) is 12.3 Å². The van der Waals surface area contributed by atoms with Crippen molar-refractivity contribution in [3.63, 3.8) is 0 Å². The van der Waals surface area contributed by atoms with E-state index in [1.807, 2.05) is 27.7 Å². The van der Waals surface area contributed by atoms with E-state index in [9.17, 15) is 4.39 Å². The van der Waals surface area contributed by atoms with Crippen molar-refractivity contribution in [1.29, 1.82) is 0 Å². The lowest BCUT2D eigenvalue weighted by molar-refractivity contribution is 0.115. The number of halogens is 1. The molecule has 2 aromatic rings. The molecule has 0 fully saturated rings. The van der Waals surface area contributed by atoms with E-state index in [1.165, 1.54) is 12.1 Å². The van der Waals surface area contributed by atoms with Crippen LogP contribution in [0.4, 0.5) is 4.39 Å². The molecule has 1 aromatic carbocycles. The molecule has 108 valence electrons. The highest BCUT2D eigenvalue weighted by Crippen LogP contribution is 2.33. The number of hydrogen-bond donors (Lipinski definition) is 0. The molecular weight excluding hydrogens is 267 g/mol. The zero-order valence-corrected chi connectivity index (χ0v) is 12.6. The maximum Gasteiger partial charge on any atom is 0.195 e. The van der Waals surface area contributed by atoms with Crippen LogP contribution in [0.25, 0.3) is 0 Å². The van der Waals surface area contributed by atoms with Gasteiger partial charge in [0, 0.05) is 29.1 Å². The lowest BCUT2D eigenvalue weighted by atomic mass is 9.99. The Balaban J connectivity index is 2.20. The van der Waals surface area contributed by atoms with Gasteiger partial charge in [0.1, 0.15) is 11.6 Å². The summed E-state index contributed by atoms with van der Waals surface area (Å²) in [5, 5.41) is 0. The van der Waals surface area contributed by atoms with Gasteiger partial charge in [-0.2, -0.15) is 0 Å². The van der Waals surface area contributed by atoms with Crippen molar-refractivity contribution in [2.45, 2.75) is 33.4 Å². The van der Waals surface area contributed by atoms with Crippen molar-refractivity contribution in [1.82, 2.24) is 4.98 Å². The van der Waals surface area contributed by atoms with Gasteiger partial charge in [-0.05, 0) is 51.5 Å². The average molecular weight is 284 g/mol. The molecule has 3 rings (SSSR count). The maximum atomic E-state index is 13.5. The average Bonchev–Trinajstić information content (AvgIpc) is 2.39. The Labute approximate surface area is 123 Å². The van der Waals surface area contributed by atoms with Crippen LogP contribution in [0.2, 0.25) is 0 Å². The van der Waals surface area contributed by atoms with Crippen LogP contribution in [-0.2, 0) is 0 Å². The summed E-state index contributed by atoms with van der Waals surface area (Å²) in [5.41, 5.74) is 3.86. The molecule has 0 spiro atoms. The highest BCUT2D eigenvalue weighted by atomic mass is 19.1. The summed E-state index contributed by atoms with van der Waals surface area (Å²) in [7, 11) is 0. The molecule has 0 atom stereocenters. The number of hydrogen-bond acceptors (Lipinski definition) is 3. The van der Waals surface area contributed by atoms with Gasteiger partial charge in [-0.1, -0.05) is 0 Å². The van der Waals surface area contributed by atoms with Gasteiger partial charge < -0.3 is 4.74 Å². The molecule has 2 heterocycles. The van der Waals surface area contributed by atoms with Crippen molar-refractivity contribution < 1.29 is 9.13 Å². The molecule has 4 heteroatoms. The second-order valence-electron chi connectivity index (χ2n) is 5.78. The summed E-state index contributed by atoms with van der Waals surface area (Å²) in [4.78, 5) is 9.05. The molecule has 0 aliphatic carbocycles. The molecule has 0 saturated heterocycles. The molecule has 0 bridgehead atoms. The van der Waals surface area contributed by atoms with Gasteiger partial charge in [-0.25, -0.2) is 9.38 Å². The van der Waals surface area contributed by atoms with Crippen LogP contribution >= 0.6 is 0 Å². The Bertz CT molecular complexity index is 750. The van der Waals surface area contributed by atoms with Crippen LogP contribution in [0.5, 0.6) is 5.75 Å². The SMILES string of the molecule is Cc1cc(C2=NC(C)(C)Oc3cc(F)ccc32)cnc1C. The van der Waals surface area contributed by atoms with E-state index in [-0.39, 0.29) is 5.82 Å². The predicted octanol–water partition coefficient (Wildman–Crippen LogP) is 3.80. The monoisotopic (exact) mass is 284 g/mol. The van der Waals surface area contributed by atoms with Gasteiger partial charge >= 0.3 is 0 Å². The van der Waals surface area contributed by atoms with Gasteiger partial charge in [0.2, 0.25) is 0 Å². The fourth-order valence-corrected chi connectivity index (χ4v) is 2.39. The van der Waals surface area contributed by atoms with Crippen LogP contribution in [0.1, 0.15) is 36.2 Å². The summed E-state index contributed by atoms with van der Waals surface area (Å²) in [5.74, 6) is 0.201. The standard InChI is InChI=1S/C17H17FN2O/c1-10-7-12(9-19-11(10)2)16-14-6-5-13(18)8-15(14)21-17(3,4)20-16/h5-9H,1-4H3. The lowest BCUT2D eigenvalue weighted by Gasteiger charge is -2.30. The van der Waals surface area contributed by atoms with Crippen molar-refractivity contribution >= 4 is 5.71 Å². The second-order valence-corrected chi connectivity index (χ2v) is 5.78. The van der Waals surface area contributed by atoms with E-state index in [0.717, 1.165) is 28.1 Å². The quantitative estimate of drug-likeness (QED) is 0.798. The van der Waals surface area contributed by atoms with Gasteiger partial charge in [-0.15, -0.1) is 0 Å². The fourth-order valence-electron chi connectivity index (χ4n) is 2.39. The smallest absolute Gasteiger partial charge is 0.195 e. The minimum absolute atomic E-state index is 0.316. The highest BCUT2D eigenvalue weighted by Gasteiger charge is 2.29.